The maximum Gasteiger partial charge on any atom is 0.434 e. The van der Waals surface area contributed by atoms with Crippen molar-refractivity contribution in [2.24, 2.45) is 5.92 Å². The Morgan fingerprint density at radius 2 is 1.84 bits per heavy atom. The SMILES string of the molecule is CC(C)(F)[C@H](c1cc(F)cc(C#N)c1)C1CN(Cc2cc(-c3ccc(Cl)cc3)cc(-c3n[nH]c(=O)o3)c2)C1. The van der Waals surface area contributed by atoms with Gasteiger partial charge in [0.25, 0.3) is 0 Å². The molecule has 1 saturated heterocycles. The van der Waals surface area contributed by atoms with E-state index in [-0.39, 0.29) is 17.4 Å². The molecular formula is C29H25ClF2N4O2. The smallest absolute Gasteiger partial charge is 0.388 e. The predicted octanol–water partition coefficient (Wildman–Crippen LogP) is 6.32. The van der Waals surface area contributed by atoms with Crippen LogP contribution in [0.15, 0.2) is 69.9 Å². The minimum atomic E-state index is -1.60. The molecule has 9 heteroatoms. The molecule has 0 unspecified atom stereocenters. The highest BCUT2D eigenvalue weighted by Gasteiger charge is 2.43. The first kappa shape index (κ1) is 25.8. The summed E-state index contributed by atoms with van der Waals surface area (Å²) in [6.45, 7) is 4.78. The summed E-state index contributed by atoms with van der Waals surface area (Å²) in [7, 11) is 0. The third-order valence-corrected chi connectivity index (χ3v) is 7.12. The van der Waals surface area contributed by atoms with Crippen LogP contribution in [0.3, 0.4) is 0 Å². The van der Waals surface area contributed by atoms with Crippen molar-refractivity contribution >= 4 is 11.6 Å². The number of hydrogen-bond donors (Lipinski definition) is 1. The number of aromatic amines is 1. The fourth-order valence-corrected chi connectivity index (χ4v) is 5.49. The molecule has 194 valence electrons. The van der Waals surface area contributed by atoms with Crippen LogP contribution in [0.1, 0.15) is 36.5 Å². The molecule has 0 amide bonds. The van der Waals surface area contributed by atoms with Crippen LogP contribution in [0.2, 0.25) is 5.02 Å². The maximum atomic E-state index is 15.4. The standard InChI is InChI=1S/C29H25ClF2N4O2/c1-29(2,32)26(21-7-17(13-33)10-25(31)12-21)23-15-36(16-23)14-18-8-20(19-3-5-24(30)6-4-19)11-22(9-18)27-34-35-28(37)38-27/h3-12,23,26H,14-16H2,1-2H3,(H,35,37)/t26-/m1/s1. The van der Waals surface area contributed by atoms with E-state index >= 15 is 4.39 Å². The number of nitriles is 1. The fourth-order valence-electron chi connectivity index (χ4n) is 5.36. The number of hydrogen-bond acceptors (Lipinski definition) is 5. The van der Waals surface area contributed by atoms with E-state index in [1.807, 2.05) is 36.4 Å². The predicted molar refractivity (Wildman–Crippen MR) is 141 cm³/mol. The minimum Gasteiger partial charge on any atom is -0.388 e. The first-order chi connectivity index (χ1) is 18.1. The molecule has 0 aliphatic carbocycles. The van der Waals surface area contributed by atoms with E-state index in [4.69, 9.17) is 16.0 Å². The molecule has 6 nitrogen and oxygen atoms in total. The highest BCUT2D eigenvalue weighted by Crippen LogP contribution is 2.43. The lowest BCUT2D eigenvalue weighted by atomic mass is 9.72. The van der Waals surface area contributed by atoms with E-state index in [1.165, 1.54) is 19.9 Å². The molecule has 0 spiro atoms. The zero-order chi connectivity index (χ0) is 27.0. The van der Waals surface area contributed by atoms with Crippen molar-refractivity contribution in [3.63, 3.8) is 0 Å². The van der Waals surface area contributed by atoms with E-state index in [1.54, 1.807) is 18.2 Å². The Labute approximate surface area is 223 Å². The number of benzene rings is 3. The molecule has 3 aromatic carbocycles. The lowest BCUT2D eigenvalue weighted by Crippen LogP contribution is -2.52. The molecular weight excluding hydrogens is 510 g/mol. The first-order valence-corrected chi connectivity index (χ1v) is 12.5. The summed E-state index contributed by atoms with van der Waals surface area (Å²) in [5, 5.41) is 16.1. The molecule has 1 aliphatic rings. The largest absolute Gasteiger partial charge is 0.434 e. The molecule has 38 heavy (non-hydrogen) atoms. The van der Waals surface area contributed by atoms with Crippen LogP contribution in [0.5, 0.6) is 0 Å². The summed E-state index contributed by atoms with van der Waals surface area (Å²) in [6.07, 6.45) is 0. The van der Waals surface area contributed by atoms with Gasteiger partial charge in [0.05, 0.1) is 11.6 Å². The average molecular weight is 535 g/mol. The molecule has 1 N–H and O–H groups in total. The number of rotatable bonds is 7. The second-order valence-corrected chi connectivity index (χ2v) is 10.7. The van der Waals surface area contributed by atoms with Crippen molar-refractivity contribution in [3.8, 4) is 28.7 Å². The molecule has 1 aliphatic heterocycles. The lowest BCUT2D eigenvalue weighted by molar-refractivity contribution is 0.0212. The summed E-state index contributed by atoms with van der Waals surface area (Å²) in [6, 6.07) is 19.3. The minimum absolute atomic E-state index is 0.0494. The molecule has 0 saturated carbocycles. The number of nitrogens with one attached hydrogen (secondary N) is 1. The summed E-state index contributed by atoms with van der Waals surface area (Å²) < 4.78 is 34.7. The van der Waals surface area contributed by atoms with Gasteiger partial charge in [-0.05, 0) is 90.6 Å². The first-order valence-electron chi connectivity index (χ1n) is 12.2. The Morgan fingerprint density at radius 1 is 1.13 bits per heavy atom. The Hall–Kier alpha value is -3.80. The van der Waals surface area contributed by atoms with Crippen LogP contribution in [0, 0.1) is 23.1 Å². The Bertz CT molecular complexity index is 1560. The van der Waals surface area contributed by atoms with Crippen molar-refractivity contribution in [3.05, 3.63) is 98.7 Å². The van der Waals surface area contributed by atoms with Crippen LogP contribution in [-0.2, 0) is 6.54 Å². The van der Waals surface area contributed by atoms with Crippen molar-refractivity contribution in [2.75, 3.05) is 13.1 Å². The third-order valence-electron chi connectivity index (χ3n) is 6.87. The third kappa shape index (κ3) is 5.54. The van der Waals surface area contributed by atoms with Gasteiger partial charge >= 0.3 is 5.76 Å². The summed E-state index contributed by atoms with van der Waals surface area (Å²) in [5.74, 6) is -1.60. The van der Waals surface area contributed by atoms with Crippen LogP contribution < -0.4 is 5.76 Å². The van der Waals surface area contributed by atoms with E-state index in [0.717, 1.165) is 22.8 Å². The molecule has 0 radical (unpaired) electrons. The molecule has 1 atom stereocenters. The quantitative estimate of drug-likeness (QED) is 0.299. The van der Waals surface area contributed by atoms with Gasteiger partial charge in [0.2, 0.25) is 5.89 Å². The zero-order valence-electron chi connectivity index (χ0n) is 20.8. The Morgan fingerprint density at radius 3 is 2.47 bits per heavy atom. The van der Waals surface area contributed by atoms with Crippen LogP contribution >= 0.6 is 11.6 Å². The lowest BCUT2D eigenvalue weighted by Gasteiger charge is -2.46. The summed E-state index contributed by atoms with van der Waals surface area (Å²) in [5.41, 5.74) is 2.54. The summed E-state index contributed by atoms with van der Waals surface area (Å²) in [4.78, 5) is 13.7. The number of halogens is 3. The maximum absolute atomic E-state index is 15.4. The van der Waals surface area contributed by atoms with E-state index in [9.17, 15) is 14.4 Å². The number of likely N-dealkylation sites (tertiary alicyclic amines) is 1. The normalized spacial score (nSPS) is 15.2. The molecule has 1 aromatic heterocycles. The average Bonchev–Trinajstić information content (AvgIpc) is 3.28. The van der Waals surface area contributed by atoms with Gasteiger partial charge in [-0.1, -0.05) is 23.7 Å². The van der Waals surface area contributed by atoms with Gasteiger partial charge in [0, 0.05) is 36.1 Å². The number of alkyl halides is 1. The number of H-pyrrole nitrogens is 1. The monoisotopic (exact) mass is 534 g/mol. The topological polar surface area (TPSA) is 85.9 Å². The van der Waals surface area contributed by atoms with E-state index < -0.39 is 23.2 Å². The van der Waals surface area contributed by atoms with Gasteiger partial charge in [-0.3, -0.25) is 4.90 Å². The highest BCUT2D eigenvalue weighted by molar-refractivity contribution is 6.30. The number of nitrogens with zero attached hydrogens (tertiary/aromatic N) is 3. The molecule has 4 aromatic rings. The molecule has 2 heterocycles. The molecule has 1 fully saturated rings. The van der Waals surface area contributed by atoms with Crippen molar-refractivity contribution in [1.29, 1.82) is 5.26 Å². The Kier molecular flexibility index (Phi) is 6.91. The van der Waals surface area contributed by atoms with Gasteiger partial charge in [-0.15, -0.1) is 5.10 Å². The zero-order valence-corrected chi connectivity index (χ0v) is 21.6. The van der Waals surface area contributed by atoms with Crippen LogP contribution in [0.4, 0.5) is 8.78 Å². The van der Waals surface area contributed by atoms with E-state index in [2.05, 4.69) is 15.1 Å². The highest BCUT2D eigenvalue weighted by atomic mass is 35.5. The number of aromatic nitrogens is 2. The van der Waals surface area contributed by atoms with Crippen LogP contribution in [-0.4, -0.2) is 33.9 Å². The second-order valence-electron chi connectivity index (χ2n) is 10.2. The molecule has 0 bridgehead atoms. The van der Waals surface area contributed by atoms with Gasteiger partial charge in [0.1, 0.15) is 11.5 Å². The Balaban J connectivity index is 1.40. The van der Waals surface area contributed by atoms with Gasteiger partial charge in [-0.2, -0.15) is 5.26 Å². The van der Waals surface area contributed by atoms with Crippen molar-refractivity contribution < 1.29 is 13.2 Å². The van der Waals surface area contributed by atoms with Gasteiger partial charge < -0.3 is 4.42 Å². The van der Waals surface area contributed by atoms with Gasteiger partial charge in [0.15, 0.2) is 0 Å². The second kappa shape index (κ2) is 10.2. The van der Waals surface area contributed by atoms with Crippen LogP contribution in [0.25, 0.3) is 22.6 Å². The summed E-state index contributed by atoms with van der Waals surface area (Å²) >= 11 is 6.06. The van der Waals surface area contributed by atoms with Gasteiger partial charge in [-0.25, -0.2) is 18.7 Å². The molecule has 5 rings (SSSR count). The van der Waals surface area contributed by atoms with E-state index in [0.29, 0.717) is 35.8 Å². The fraction of sp³-hybridized carbons (Fsp3) is 0.276. The van der Waals surface area contributed by atoms with Crippen molar-refractivity contribution in [1.82, 2.24) is 15.1 Å². The van der Waals surface area contributed by atoms with Crippen molar-refractivity contribution in [2.45, 2.75) is 32.0 Å².